The third-order valence-corrected chi connectivity index (χ3v) is 2.54. The van der Waals surface area contributed by atoms with Crippen LogP contribution in [-0.4, -0.2) is 15.1 Å². The van der Waals surface area contributed by atoms with Crippen LogP contribution in [0.3, 0.4) is 0 Å². The zero-order valence-corrected chi connectivity index (χ0v) is 9.30. The van der Waals surface area contributed by atoms with E-state index in [0.29, 0.717) is 12.0 Å². The van der Waals surface area contributed by atoms with Gasteiger partial charge >= 0.3 is 0 Å². The van der Waals surface area contributed by atoms with Gasteiger partial charge in [0.05, 0.1) is 5.56 Å². The van der Waals surface area contributed by atoms with E-state index >= 15 is 0 Å². The molecule has 0 amide bonds. The van der Waals surface area contributed by atoms with E-state index in [9.17, 15) is 5.11 Å². The monoisotopic (exact) mass is 230 g/mol. The second-order valence-electron chi connectivity index (χ2n) is 3.75. The van der Waals surface area contributed by atoms with Crippen LogP contribution in [0.25, 0.3) is 0 Å². The Kier molecular flexibility index (Phi) is 3.09. The van der Waals surface area contributed by atoms with Crippen molar-refractivity contribution >= 4 is 11.8 Å². The summed E-state index contributed by atoms with van der Waals surface area (Å²) in [5.41, 5.74) is 12.8. The molecular formula is C12H14N4O. The van der Waals surface area contributed by atoms with E-state index in [1.54, 1.807) is 0 Å². The van der Waals surface area contributed by atoms with E-state index < -0.39 is 0 Å². The average molecular weight is 230 g/mol. The summed E-state index contributed by atoms with van der Waals surface area (Å²) in [4.78, 5) is 7.52. The number of benzene rings is 1. The van der Waals surface area contributed by atoms with Crippen molar-refractivity contribution in [1.82, 2.24) is 9.97 Å². The Morgan fingerprint density at radius 1 is 1.00 bits per heavy atom. The number of nitrogens with zero attached hydrogens (tertiary/aromatic N) is 2. The summed E-state index contributed by atoms with van der Waals surface area (Å²) in [5.74, 6) is 0.0975. The Bertz CT molecular complexity index is 490. The summed E-state index contributed by atoms with van der Waals surface area (Å²) in [6, 6.07) is 9.94. The predicted octanol–water partition coefficient (Wildman–Crippen LogP) is 1.13. The molecule has 0 atom stereocenters. The van der Waals surface area contributed by atoms with Crippen LogP contribution in [0.15, 0.2) is 30.3 Å². The van der Waals surface area contributed by atoms with Crippen LogP contribution < -0.4 is 11.5 Å². The molecule has 5 heteroatoms. The fourth-order valence-electron chi connectivity index (χ4n) is 1.66. The summed E-state index contributed by atoms with van der Waals surface area (Å²) in [5, 5.41) is 9.64. The van der Waals surface area contributed by atoms with E-state index in [0.717, 1.165) is 6.42 Å². The molecule has 0 saturated carbocycles. The minimum absolute atomic E-state index is 0.0107. The van der Waals surface area contributed by atoms with Crippen molar-refractivity contribution in [2.45, 2.75) is 12.8 Å². The van der Waals surface area contributed by atoms with Crippen LogP contribution in [0, 0.1) is 0 Å². The first-order valence-corrected chi connectivity index (χ1v) is 5.31. The van der Waals surface area contributed by atoms with Gasteiger partial charge in [-0.2, -0.15) is 9.97 Å². The van der Waals surface area contributed by atoms with Gasteiger partial charge in [0.25, 0.3) is 0 Å². The number of rotatable bonds is 3. The third kappa shape index (κ3) is 2.63. The van der Waals surface area contributed by atoms with E-state index in [1.807, 2.05) is 30.3 Å². The second kappa shape index (κ2) is 4.69. The number of aryl methyl sites for hydroxylation is 1. The first-order valence-electron chi connectivity index (χ1n) is 5.31. The molecule has 1 aromatic carbocycles. The van der Waals surface area contributed by atoms with E-state index in [-0.39, 0.29) is 17.6 Å². The van der Waals surface area contributed by atoms with Crippen LogP contribution in [0.1, 0.15) is 11.1 Å². The van der Waals surface area contributed by atoms with Gasteiger partial charge < -0.3 is 16.6 Å². The molecule has 0 aliphatic carbocycles. The van der Waals surface area contributed by atoms with Crippen LogP contribution in [0.5, 0.6) is 5.88 Å². The Balaban J connectivity index is 2.15. The summed E-state index contributed by atoms with van der Waals surface area (Å²) >= 11 is 0. The van der Waals surface area contributed by atoms with Crippen LogP contribution in [-0.2, 0) is 12.8 Å². The molecule has 0 spiro atoms. The summed E-state index contributed by atoms with van der Waals surface area (Å²) in [6.07, 6.45) is 1.35. The maximum Gasteiger partial charge on any atom is 0.225 e. The van der Waals surface area contributed by atoms with E-state index in [4.69, 9.17) is 11.5 Å². The van der Waals surface area contributed by atoms with Gasteiger partial charge in [-0.05, 0) is 18.4 Å². The van der Waals surface area contributed by atoms with Crippen LogP contribution >= 0.6 is 0 Å². The molecule has 88 valence electrons. The fourth-order valence-corrected chi connectivity index (χ4v) is 1.66. The first-order chi connectivity index (χ1) is 8.16. The Morgan fingerprint density at radius 2 is 1.71 bits per heavy atom. The van der Waals surface area contributed by atoms with Crippen molar-refractivity contribution in [3.8, 4) is 5.88 Å². The van der Waals surface area contributed by atoms with Gasteiger partial charge in [0.1, 0.15) is 5.82 Å². The van der Waals surface area contributed by atoms with Crippen molar-refractivity contribution in [3.63, 3.8) is 0 Å². The zero-order chi connectivity index (χ0) is 12.3. The lowest BCUT2D eigenvalue weighted by molar-refractivity contribution is 0.446. The van der Waals surface area contributed by atoms with Gasteiger partial charge in [-0.25, -0.2) is 0 Å². The Hall–Kier alpha value is -2.30. The number of hydrogen-bond donors (Lipinski definition) is 3. The quantitative estimate of drug-likeness (QED) is 0.734. The molecule has 2 aromatic rings. The van der Waals surface area contributed by atoms with Crippen molar-refractivity contribution in [3.05, 3.63) is 41.5 Å². The lowest BCUT2D eigenvalue weighted by Crippen LogP contribution is -2.05. The molecule has 0 radical (unpaired) electrons. The van der Waals surface area contributed by atoms with Crippen LogP contribution in [0.4, 0.5) is 11.8 Å². The summed E-state index contributed by atoms with van der Waals surface area (Å²) < 4.78 is 0. The highest BCUT2D eigenvalue weighted by Gasteiger charge is 2.10. The topological polar surface area (TPSA) is 98.0 Å². The molecule has 1 aromatic heterocycles. The molecule has 1 heterocycles. The fraction of sp³-hybridized carbons (Fsp3) is 0.167. The number of aromatic hydroxyl groups is 1. The molecule has 0 saturated heterocycles. The highest BCUT2D eigenvalue weighted by Crippen LogP contribution is 2.22. The maximum atomic E-state index is 9.64. The molecular weight excluding hydrogens is 216 g/mol. The second-order valence-corrected chi connectivity index (χ2v) is 3.75. The van der Waals surface area contributed by atoms with Crippen molar-refractivity contribution in [1.29, 1.82) is 0 Å². The number of nitrogen functional groups attached to an aromatic ring is 2. The van der Waals surface area contributed by atoms with Gasteiger partial charge in [-0.1, -0.05) is 30.3 Å². The minimum atomic E-state index is -0.133. The lowest BCUT2D eigenvalue weighted by atomic mass is 10.1. The molecule has 0 fully saturated rings. The molecule has 0 unspecified atom stereocenters. The molecule has 17 heavy (non-hydrogen) atoms. The van der Waals surface area contributed by atoms with Gasteiger partial charge in [-0.15, -0.1) is 0 Å². The first kappa shape index (κ1) is 11.2. The zero-order valence-electron chi connectivity index (χ0n) is 9.30. The van der Waals surface area contributed by atoms with Crippen molar-refractivity contribution in [2.24, 2.45) is 0 Å². The van der Waals surface area contributed by atoms with E-state index in [2.05, 4.69) is 9.97 Å². The summed E-state index contributed by atoms with van der Waals surface area (Å²) in [7, 11) is 0. The largest absolute Gasteiger partial charge is 0.493 e. The number of anilines is 2. The maximum absolute atomic E-state index is 9.64. The normalized spacial score (nSPS) is 10.4. The molecule has 0 aliphatic rings. The number of hydrogen-bond acceptors (Lipinski definition) is 5. The summed E-state index contributed by atoms with van der Waals surface area (Å²) in [6.45, 7) is 0. The molecule has 5 nitrogen and oxygen atoms in total. The molecule has 0 aliphatic heterocycles. The highest BCUT2D eigenvalue weighted by molar-refractivity contribution is 5.48. The lowest BCUT2D eigenvalue weighted by Gasteiger charge is -2.07. The van der Waals surface area contributed by atoms with Crippen LogP contribution in [0.2, 0.25) is 0 Å². The average Bonchev–Trinajstić information content (AvgIpc) is 2.29. The standard InChI is InChI=1S/C12H14N4O/c13-10-9(11(17)16-12(14)15-10)7-6-8-4-2-1-3-5-8/h1-5H,6-7H2,(H5,13,14,15,16,17). The van der Waals surface area contributed by atoms with Gasteiger partial charge in [-0.3, -0.25) is 0 Å². The van der Waals surface area contributed by atoms with Crippen molar-refractivity contribution < 1.29 is 5.11 Å². The SMILES string of the molecule is Nc1nc(N)c(CCc2ccccc2)c(O)n1. The Morgan fingerprint density at radius 3 is 2.35 bits per heavy atom. The molecule has 2 rings (SSSR count). The van der Waals surface area contributed by atoms with Gasteiger partial charge in [0, 0.05) is 0 Å². The molecule has 5 N–H and O–H groups in total. The Labute approximate surface area is 99.1 Å². The number of aromatic nitrogens is 2. The van der Waals surface area contributed by atoms with E-state index in [1.165, 1.54) is 5.56 Å². The number of nitrogens with two attached hydrogens (primary N) is 2. The third-order valence-electron chi connectivity index (χ3n) is 2.54. The smallest absolute Gasteiger partial charge is 0.225 e. The van der Waals surface area contributed by atoms with Gasteiger partial charge in [0.2, 0.25) is 11.8 Å². The van der Waals surface area contributed by atoms with Crippen molar-refractivity contribution in [2.75, 3.05) is 11.5 Å². The predicted molar refractivity (Wildman–Crippen MR) is 66.4 cm³/mol. The highest BCUT2D eigenvalue weighted by atomic mass is 16.3. The van der Waals surface area contributed by atoms with Gasteiger partial charge in [0.15, 0.2) is 0 Å². The molecule has 0 bridgehead atoms. The minimum Gasteiger partial charge on any atom is -0.493 e.